The second-order valence-corrected chi connectivity index (χ2v) is 5.80. The van der Waals surface area contributed by atoms with E-state index < -0.39 is 0 Å². The van der Waals surface area contributed by atoms with Crippen LogP contribution in [0.3, 0.4) is 0 Å². The molecule has 2 aliphatic rings. The highest BCUT2D eigenvalue weighted by Crippen LogP contribution is 2.30. The van der Waals surface area contributed by atoms with Gasteiger partial charge in [0.1, 0.15) is 5.82 Å². The van der Waals surface area contributed by atoms with Gasteiger partial charge in [-0.2, -0.15) is 0 Å². The van der Waals surface area contributed by atoms with Gasteiger partial charge in [0.05, 0.1) is 18.1 Å². The molecule has 0 radical (unpaired) electrons. The number of unbranched alkanes of at least 4 members (excludes halogenated alkanes) is 1. The SMILES string of the molecule is CCCCN(c1cnc(CNC2CC2)cn1)C1CC1. The third kappa shape index (κ3) is 3.66. The Morgan fingerprint density at radius 3 is 2.63 bits per heavy atom. The van der Waals surface area contributed by atoms with E-state index >= 15 is 0 Å². The van der Waals surface area contributed by atoms with E-state index in [0.717, 1.165) is 36.7 Å². The molecule has 2 aliphatic carbocycles. The maximum Gasteiger partial charge on any atom is 0.147 e. The Balaban J connectivity index is 1.58. The molecule has 0 aliphatic heterocycles. The topological polar surface area (TPSA) is 41.1 Å². The zero-order valence-corrected chi connectivity index (χ0v) is 11.8. The zero-order valence-electron chi connectivity index (χ0n) is 11.8. The van der Waals surface area contributed by atoms with Crippen molar-refractivity contribution in [2.75, 3.05) is 11.4 Å². The van der Waals surface area contributed by atoms with Gasteiger partial charge >= 0.3 is 0 Å². The van der Waals surface area contributed by atoms with E-state index in [9.17, 15) is 0 Å². The number of nitrogens with one attached hydrogen (secondary N) is 1. The lowest BCUT2D eigenvalue weighted by atomic mass is 10.3. The van der Waals surface area contributed by atoms with E-state index in [2.05, 4.69) is 27.1 Å². The molecular formula is C15H24N4. The third-order valence-electron chi connectivity index (χ3n) is 3.88. The van der Waals surface area contributed by atoms with Gasteiger partial charge in [0.2, 0.25) is 0 Å². The third-order valence-corrected chi connectivity index (χ3v) is 3.88. The van der Waals surface area contributed by atoms with Crippen LogP contribution in [0, 0.1) is 0 Å². The van der Waals surface area contributed by atoms with Crippen LogP contribution in [0.5, 0.6) is 0 Å². The van der Waals surface area contributed by atoms with E-state index in [-0.39, 0.29) is 0 Å². The van der Waals surface area contributed by atoms with E-state index in [1.165, 1.54) is 38.5 Å². The standard InChI is InChI=1S/C15H24N4/c1-2-3-8-19(14-6-7-14)15-11-17-13(10-18-15)9-16-12-4-5-12/h10-12,14,16H,2-9H2,1H3. The van der Waals surface area contributed by atoms with E-state index in [4.69, 9.17) is 0 Å². The van der Waals surface area contributed by atoms with E-state index in [1.807, 2.05) is 12.4 Å². The van der Waals surface area contributed by atoms with Crippen LogP contribution in [-0.2, 0) is 6.54 Å². The predicted molar refractivity (Wildman–Crippen MR) is 77.2 cm³/mol. The highest BCUT2D eigenvalue weighted by atomic mass is 15.2. The van der Waals surface area contributed by atoms with Crippen LogP contribution in [0.25, 0.3) is 0 Å². The van der Waals surface area contributed by atoms with Crippen LogP contribution in [0.2, 0.25) is 0 Å². The lowest BCUT2D eigenvalue weighted by Crippen LogP contribution is -2.28. The largest absolute Gasteiger partial charge is 0.352 e. The normalized spacial score (nSPS) is 18.6. The molecule has 2 fully saturated rings. The molecule has 104 valence electrons. The Morgan fingerprint density at radius 1 is 1.21 bits per heavy atom. The van der Waals surface area contributed by atoms with Crippen molar-refractivity contribution in [2.45, 2.75) is 64.1 Å². The molecule has 3 rings (SSSR count). The quantitative estimate of drug-likeness (QED) is 0.779. The Morgan fingerprint density at radius 2 is 2.05 bits per heavy atom. The van der Waals surface area contributed by atoms with Gasteiger partial charge in [-0.05, 0) is 32.1 Å². The van der Waals surface area contributed by atoms with Crippen LogP contribution in [-0.4, -0.2) is 28.6 Å². The minimum atomic E-state index is 0.719. The first-order chi connectivity index (χ1) is 9.36. The van der Waals surface area contributed by atoms with Gasteiger partial charge in [-0.3, -0.25) is 4.98 Å². The van der Waals surface area contributed by atoms with Gasteiger partial charge in [-0.15, -0.1) is 0 Å². The van der Waals surface area contributed by atoms with Crippen molar-refractivity contribution in [3.8, 4) is 0 Å². The molecule has 1 N–H and O–H groups in total. The summed E-state index contributed by atoms with van der Waals surface area (Å²) in [6.45, 7) is 4.22. The average molecular weight is 260 g/mol. The number of rotatable bonds is 8. The minimum Gasteiger partial charge on any atom is -0.352 e. The van der Waals surface area contributed by atoms with Crippen molar-refractivity contribution >= 4 is 5.82 Å². The second kappa shape index (κ2) is 5.87. The fraction of sp³-hybridized carbons (Fsp3) is 0.733. The molecular weight excluding hydrogens is 236 g/mol. The Bertz CT molecular complexity index is 395. The molecule has 4 nitrogen and oxygen atoms in total. The maximum atomic E-state index is 4.61. The molecule has 19 heavy (non-hydrogen) atoms. The van der Waals surface area contributed by atoms with Gasteiger partial charge in [-0.1, -0.05) is 13.3 Å². The van der Waals surface area contributed by atoms with Crippen LogP contribution >= 0.6 is 0 Å². The zero-order chi connectivity index (χ0) is 13.1. The van der Waals surface area contributed by atoms with Crippen molar-refractivity contribution in [3.05, 3.63) is 18.1 Å². The molecule has 0 saturated heterocycles. The molecule has 0 unspecified atom stereocenters. The van der Waals surface area contributed by atoms with E-state index in [1.54, 1.807) is 0 Å². The summed E-state index contributed by atoms with van der Waals surface area (Å²) in [5.74, 6) is 1.06. The molecule has 1 heterocycles. The van der Waals surface area contributed by atoms with Gasteiger partial charge in [-0.25, -0.2) is 4.98 Å². The number of hydrogen-bond donors (Lipinski definition) is 1. The lowest BCUT2D eigenvalue weighted by Gasteiger charge is -2.23. The highest BCUT2D eigenvalue weighted by Gasteiger charge is 2.29. The summed E-state index contributed by atoms with van der Waals surface area (Å²) >= 11 is 0. The molecule has 0 bridgehead atoms. The van der Waals surface area contributed by atoms with Crippen LogP contribution in [0.1, 0.15) is 51.1 Å². The molecule has 0 spiro atoms. The van der Waals surface area contributed by atoms with Gasteiger partial charge in [0, 0.05) is 25.2 Å². The molecule has 4 heteroatoms. The molecule has 2 saturated carbocycles. The van der Waals surface area contributed by atoms with Gasteiger partial charge < -0.3 is 10.2 Å². The maximum absolute atomic E-state index is 4.61. The van der Waals surface area contributed by atoms with Crippen molar-refractivity contribution < 1.29 is 0 Å². The molecule has 0 atom stereocenters. The number of nitrogens with zero attached hydrogens (tertiary/aromatic N) is 3. The number of anilines is 1. The second-order valence-electron chi connectivity index (χ2n) is 5.80. The summed E-state index contributed by atoms with van der Waals surface area (Å²) in [5, 5.41) is 3.47. The van der Waals surface area contributed by atoms with E-state index in [0.29, 0.717) is 0 Å². The summed E-state index contributed by atoms with van der Waals surface area (Å²) < 4.78 is 0. The first kappa shape index (κ1) is 12.9. The fourth-order valence-electron chi connectivity index (χ4n) is 2.32. The molecule has 0 aromatic carbocycles. The first-order valence-electron chi connectivity index (χ1n) is 7.67. The van der Waals surface area contributed by atoms with Crippen LogP contribution in [0.4, 0.5) is 5.82 Å². The minimum absolute atomic E-state index is 0.719. The average Bonchev–Trinajstić information content (AvgIpc) is 3.31. The van der Waals surface area contributed by atoms with Crippen molar-refractivity contribution in [1.29, 1.82) is 0 Å². The summed E-state index contributed by atoms with van der Waals surface area (Å²) in [7, 11) is 0. The van der Waals surface area contributed by atoms with Crippen molar-refractivity contribution in [1.82, 2.24) is 15.3 Å². The van der Waals surface area contributed by atoms with Gasteiger partial charge in [0.15, 0.2) is 0 Å². The number of aromatic nitrogens is 2. The van der Waals surface area contributed by atoms with Crippen molar-refractivity contribution in [3.63, 3.8) is 0 Å². The Hall–Kier alpha value is -1.16. The Labute approximate surface area is 115 Å². The summed E-state index contributed by atoms with van der Waals surface area (Å²) in [4.78, 5) is 11.6. The fourth-order valence-corrected chi connectivity index (χ4v) is 2.32. The van der Waals surface area contributed by atoms with Crippen LogP contribution in [0.15, 0.2) is 12.4 Å². The molecule has 0 amide bonds. The Kier molecular flexibility index (Phi) is 3.97. The first-order valence-corrected chi connectivity index (χ1v) is 7.67. The molecule has 1 aromatic rings. The lowest BCUT2D eigenvalue weighted by molar-refractivity contribution is 0.667. The smallest absolute Gasteiger partial charge is 0.147 e. The summed E-state index contributed by atoms with van der Waals surface area (Å²) in [6, 6.07) is 1.45. The van der Waals surface area contributed by atoms with Crippen molar-refractivity contribution in [2.24, 2.45) is 0 Å². The molecule has 1 aromatic heterocycles. The summed E-state index contributed by atoms with van der Waals surface area (Å²) in [5.41, 5.74) is 1.06. The predicted octanol–water partition coefficient (Wildman–Crippen LogP) is 2.50. The summed E-state index contributed by atoms with van der Waals surface area (Å²) in [6.07, 6.45) is 11.6. The monoisotopic (exact) mass is 260 g/mol. The van der Waals surface area contributed by atoms with Crippen LogP contribution < -0.4 is 10.2 Å². The number of hydrogen-bond acceptors (Lipinski definition) is 4. The van der Waals surface area contributed by atoms with Gasteiger partial charge in [0.25, 0.3) is 0 Å². The highest BCUT2D eigenvalue weighted by molar-refractivity contribution is 5.39.